The number of ether oxygens (including phenoxy) is 1. The molecular formula is C12H17N3O3. The van der Waals surface area contributed by atoms with Gasteiger partial charge in [-0.15, -0.1) is 0 Å². The molecule has 1 rings (SSSR count). The van der Waals surface area contributed by atoms with E-state index in [4.69, 9.17) is 10.5 Å². The molecule has 1 aromatic rings. The predicted molar refractivity (Wildman–Crippen MR) is 68.7 cm³/mol. The van der Waals surface area contributed by atoms with Crippen LogP contribution in [0.4, 0.5) is 5.69 Å². The molecule has 98 valence electrons. The van der Waals surface area contributed by atoms with E-state index in [1.165, 1.54) is 13.2 Å². The Morgan fingerprint density at radius 3 is 2.67 bits per heavy atom. The van der Waals surface area contributed by atoms with E-state index < -0.39 is 5.91 Å². The van der Waals surface area contributed by atoms with Gasteiger partial charge in [0.2, 0.25) is 11.8 Å². The van der Waals surface area contributed by atoms with Crippen molar-refractivity contribution in [3.63, 3.8) is 0 Å². The van der Waals surface area contributed by atoms with Crippen molar-refractivity contribution in [1.82, 2.24) is 5.32 Å². The summed E-state index contributed by atoms with van der Waals surface area (Å²) in [6.45, 7) is 0.573. The van der Waals surface area contributed by atoms with Gasteiger partial charge in [0.05, 0.1) is 12.8 Å². The van der Waals surface area contributed by atoms with Crippen molar-refractivity contribution in [1.29, 1.82) is 0 Å². The van der Waals surface area contributed by atoms with Crippen LogP contribution in [0, 0.1) is 0 Å². The molecule has 0 aromatic heterocycles. The van der Waals surface area contributed by atoms with Gasteiger partial charge in [0.25, 0.3) is 0 Å². The number of rotatable bonds is 6. The summed E-state index contributed by atoms with van der Waals surface area (Å²) in [7, 11) is 3.25. The van der Waals surface area contributed by atoms with Crippen molar-refractivity contribution in [2.45, 2.75) is 6.42 Å². The molecule has 0 heterocycles. The largest absolute Gasteiger partial charge is 0.495 e. The van der Waals surface area contributed by atoms with Gasteiger partial charge < -0.3 is 21.1 Å². The van der Waals surface area contributed by atoms with Crippen LogP contribution in [0.2, 0.25) is 0 Å². The van der Waals surface area contributed by atoms with Crippen LogP contribution >= 0.6 is 0 Å². The highest BCUT2D eigenvalue weighted by Crippen LogP contribution is 2.25. The Bertz CT molecular complexity index is 446. The summed E-state index contributed by atoms with van der Waals surface area (Å²) in [5.74, 6) is -0.231. The minimum absolute atomic E-state index is 0.163. The third-order valence-electron chi connectivity index (χ3n) is 2.36. The summed E-state index contributed by atoms with van der Waals surface area (Å²) in [6.07, 6.45) is 0.334. The molecule has 0 aliphatic heterocycles. The molecule has 1 aromatic carbocycles. The van der Waals surface area contributed by atoms with Crippen molar-refractivity contribution in [2.75, 3.05) is 26.0 Å². The van der Waals surface area contributed by atoms with Gasteiger partial charge in [0.15, 0.2) is 0 Å². The lowest BCUT2D eigenvalue weighted by molar-refractivity contribution is -0.116. The lowest BCUT2D eigenvalue weighted by Crippen LogP contribution is -2.19. The molecule has 0 unspecified atom stereocenters. The third-order valence-corrected chi connectivity index (χ3v) is 2.36. The second kappa shape index (κ2) is 6.61. The normalized spacial score (nSPS) is 9.89. The second-order valence-corrected chi connectivity index (χ2v) is 3.68. The molecule has 0 aliphatic rings. The first-order chi connectivity index (χ1) is 8.58. The van der Waals surface area contributed by atoms with Crippen LogP contribution in [0.3, 0.4) is 0 Å². The maximum Gasteiger partial charge on any atom is 0.248 e. The Hall–Kier alpha value is -2.08. The van der Waals surface area contributed by atoms with Gasteiger partial charge in [0.1, 0.15) is 5.75 Å². The van der Waals surface area contributed by atoms with Crippen molar-refractivity contribution in [3.05, 3.63) is 23.8 Å². The zero-order valence-corrected chi connectivity index (χ0v) is 10.4. The summed E-state index contributed by atoms with van der Waals surface area (Å²) >= 11 is 0. The Morgan fingerprint density at radius 2 is 2.11 bits per heavy atom. The fourth-order valence-corrected chi connectivity index (χ4v) is 1.41. The fourth-order valence-electron chi connectivity index (χ4n) is 1.41. The Balaban J connectivity index is 2.87. The molecular weight excluding hydrogens is 234 g/mol. The monoisotopic (exact) mass is 251 g/mol. The number of benzene rings is 1. The lowest BCUT2D eigenvalue weighted by Gasteiger charge is -2.11. The molecule has 0 spiro atoms. The van der Waals surface area contributed by atoms with E-state index in [2.05, 4.69) is 10.6 Å². The van der Waals surface area contributed by atoms with E-state index in [9.17, 15) is 9.59 Å². The molecule has 0 bridgehead atoms. The van der Waals surface area contributed by atoms with Gasteiger partial charge in [-0.3, -0.25) is 9.59 Å². The minimum atomic E-state index is -0.552. The first-order valence-corrected chi connectivity index (χ1v) is 5.50. The molecule has 0 saturated carbocycles. The SMILES string of the molecule is CNCCC(=O)Nc1cc(C(N)=O)ccc1OC. The quantitative estimate of drug-likeness (QED) is 0.679. The van der Waals surface area contributed by atoms with E-state index >= 15 is 0 Å². The molecule has 0 radical (unpaired) electrons. The smallest absolute Gasteiger partial charge is 0.248 e. The van der Waals surface area contributed by atoms with Gasteiger partial charge in [-0.05, 0) is 25.2 Å². The van der Waals surface area contributed by atoms with E-state index in [1.807, 2.05) is 0 Å². The number of hydrogen-bond donors (Lipinski definition) is 3. The van der Waals surface area contributed by atoms with Crippen molar-refractivity contribution >= 4 is 17.5 Å². The highest BCUT2D eigenvalue weighted by molar-refractivity contribution is 5.97. The zero-order valence-electron chi connectivity index (χ0n) is 10.4. The molecule has 6 nitrogen and oxygen atoms in total. The van der Waals surface area contributed by atoms with Gasteiger partial charge in [-0.25, -0.2) is 0 Å². The predicted octanol–water partition coefficient (Wildman–Crippen LogP) is 0.342. The highest BCUT2D eigenvalue weighted by Gasteiger charge is 2.10. The number of anilines is 1. The Labute approximate surface area is 105 Å². The summed E-state index contributed by atoms with van der Waals surface area (Å²) < 4.78 is 5.10. The molecule has 6 heteroatoms. The summed E-state index contributed by atoms with van der Waals surface area (Å²) in [6, 6.07) is 4.64. The molecule has 0 saturated heterocycles. The number of nitrogens with one attached hydrogen (secondary N) is 2. The average Bonchev–Trinajstić information content (AvgIpc) is 2.36. The number of carbonyl (C=O) groups excluding carboxylic acids is 2. The minimum Gasteiger partial charge on any atom is -0.495 e. The van der Waals surface area contributed by atoms with Crippen LogP contribution in [0.25, 0.3) is 0 Å². The Morgan fingerprint density at radius 1 is 1.39 bits per heavy atom. The first kappa shape index (κ1) is 14.0. The van der Waals surface area contributed by atoms with Crippen LogP contribution in [-0.4, -0.2) is 32.5 Å². The average molecular weight is 251 g/mol. The topological polar surface area (TPSA) is 93.5 Å². The third kappa shape index (κ3) is 3.74. The number of carbonyl (C=O) groups is 2. The van der Waals surface area contributed by atoms with Gasteiger partial charge in [-0.1, -0.05) is 0 Å². The fraction of sp³-hybridized carbons (Fsp3) is 0.333. The number of methoxy groups -OCH3 is 1. The molecule has 0 atom stereocenters. The van der Waals surface area contributed by atoms with Crippen LogP contribution in [0.1, 0.15) is 16.8 Å². The molecule has 0 aliphatic carbocycles. The van der Waals surface area contributed by atoms with Crippen LogP contribution in [0.5, 0.6) is 5.75 Å². The zero-order chi connectivity index (χ0) is 13.5. The number of amides is 2. The maximum atomic E-state index is 11.6. The summed E-state index contributed by atoms with van der Waals surface area (Å²) in [5, 5.41) is 5.56. The van der Waals surface area contributed by atoms with Gasteiger partial charge >= 0.3 is 0 Å². The van der Waals surface area contributed by atoms with Crippen molar-refractivity contribution < 1.29 is 14.3 Å². The highest BCUT2D eigenvalue weighted by atomic mass is 16.5. The number of hydrogen-bond acceptors (Lipinski definition) is 4. The molecule has 0 fully saturated rings. The standard InChI is InChI=1S/C12H17N3O3/c1-14-6-5-11(16)15-9-7-8(12(13)17)3-4-10(9)18-2/h3-4,7,14H,5-6H2,1-2H3,(H2,13,17)(H,15,16). The van der Waals surface area contributed by atoms with E-state index in [1.54, 1.807) is 19.2 Å². The molecule has 2 amide bonds. The molecule has 18 heavy (non-hydrogen) atoms. The van der Waals surface area contributed by atoms with E-state index in [-0.39, 0.29) is 5.91 Å². The Kier molecular flexibility index (Phi) is 5.13. The van der Waals surface area contributed by atoms with Crippen LogP contribution < -0.4 is 21.1 Å². The number of primary amides is 1. The first-order valence-electron chi connectivity index (χ1n) is 5.50. The van der Waals surface area contributed by atoms with E-state index in [0.717, 1.165) is 0 Å². The van der Waals surface area contributed by atoms with Crippen LogP contribution in [-0.2, 0) is 4.79 Å². The van der Waals surface area contributed by atoms with Crippen molar-refractivity contribution in [2.24, 2.45) is 5.73 Å². The van der Waals surface area contributed by atoms with Crippen LogP contribution in [0.15, 0.2) is 18.2 Å². The second-order valence-electron chi connectivity index (χ2n) is 3.68. The number of nitrogens with two attached hydrogens (primary N) is 1. The van der Waals surface area contributed by atoms with Gasteiger partial charge in [-0.2, -0.15) is 0 Å². The van der Waals surface area contributed by atoms with Gasteiger partial charge in [0, 0.05) is 18.5 Å². The molecule has 4 N–H and O–H groups in total. The summed E-state index contributed by atoms with van der Waals surface area (Å²) in [4.78, 5) is 22.7. The van der Waals surface area contributed by atoms with E-state index in [0.29, 0.717) is 30.0 Å². The lowest BCUT2D eigenvalue weighted by atomic mass is 10.1. The van der Waals surface area contributed by atoms with Crippen molar-refractivity contribution in [3.8, 4) is 5.75 Å². The summed E-state index contributed by atoms with van der Waals surface area (Å²) in [5.41, 5.74) is 5.94. The maximum absolute atomic E-state index is 11.6.